The van der Waals surface area contributed by atoms with Gasteiger partial charge in [-0.25, -0.2) is 0 Å². The third-order valence-electron chi connectivity index (χ3n) is 3.33. The van der Waals surface area contributed by atoms with Crippen LogP contribution in [0, 0.1) is 0 Å². The predicted molar refractivity (Wildman–Crippen MR) is 89.7 cm³/mol. The number of hydrogen-bond donors (Lipinski definition) is 8. The number of aliphatic hydroxyl groups is 2. The first-order chi connectivity index (χ1) is 12.5. The predicted octanol–water partition coefficient (Wildman–Crippen LogP) is -4.88. The highest BCUT2D eigenvalue weighted by atomic mass is 16.4. The molecular weight excluding hydrogens is 366 g/mol. The minimum Gasteiger partial charge on any atom is -0.480 e. The summed E-state index contributed by atoms with van der Waals surface area (Å²) in [5, 5.41) is 33.6. The van der Waals surface area contributed by atoms with Gasteiger partial charge in [-0.15, -0.1) is 0 Å². The van der Waals surface area contributed by atoms with E-state index in [1.165, 1.54) is 6.92 Å². The number of nitrogens with one attached hydrogen (secondary N) is 3. The van der Waals surface area contributed by atoms with Gasteiger partial charge in [-0.1, -0.05) is 0 Å². The Morgan fingerprint density at radius 1 is 1.04 bits per heavy atom. The molecule has 13 nitrogen and oxygen atoms in total. The van der Waals surface area contributed by atoms with Crippen LogP contribution in [0.4, 0.5) is 0 Å². The minimum absolute atomic E-state index is 0.0746. The van der Waals surface area contributed by atoms with Crippen molar-refractivity contribution >= 4 is 29.6 Å². The topological polar surface area (TPSA) is 234 Å². The van der Waals surface area contributed by atoms with Gasteiger partial charge in [-0.3, -0.25) is 24.0 Å². The summed E-state index contributed by atoms with van der Waals surface area (Å²) in [4.78, 5) is 57.0. The van der Waals surface area contributed by atoms with Crippen LogP contribution in [0.1, 0.15) is 19.8 Å². The maximum atomic E-state index is 12.1. The molecule has 0 bridgehead atoms. The van der Waals surface area contributed by atoms with Crippen LogP contribution in [0.25, 0.3) is 0 Å². The van der Waals surface area contributed by atoms with Gasteiger partial charge in [0.1, 0.15) is 18.6 Å². The molecule has 0 heterocycles. The largest absolute Gasteiger partial charge is 0.480 e. The molecule has 10 N–H and O–H groups in total. The van der Waals surface area contributed by atoms with Crippen molar-refractivity contribution in [3.05, 3.63) is 0 Å². The van der Waals surface area contributed by atoms with Crippen LogP contribution in [0.2, 0.25) is 0 Å². The highest BCUT2D eigenvalue weighted by Gasteiger charge is 2.30. The summed E-state index contributed by atoms with van der Waals surface area (Å²) >= 11 is 0. The molecule has 27 heavy (non-hydrogen) atoms. The minimum atomic E-state index is -1.52. The van der Waals surface area contributed by atoms with Crippen LogP contribution in [-0.4, -0.2) is 82.3 Å². The maximum Gasteiger partial charge on any atom is 0.322 e. The van der Waals surface area contributed by atoms with E-state index >= 15 is 0 Å². The Balaban J connectivity index is 4.87. The quantitative estimate of drug-likeness (QED) is 0.159. The molecule has 0 aliphatic heterocycles. The fraction of sp³-hybridized carbons (Fsp3) is 0.643. The van der Waals surface area contributed by atoms with Crippen LogP contribution < -0.4 is 27.4 Å². The number of nitrogens with two attached hydrogens (primary N) is 2. The Bertz CT molecular complexity index is 568. The maximum absolute atomic E-state index is 12.1. The second-order valence-electron chi connectivity index (χ2n) is 5.69. The van der Waals surface area contributed by atoms with Crippen LogP contribution >= 0.6 is 0 Å². The summed E-state index contributed by atoms with van der Waals surface area (Å²) in [6.07, 6.45) is -1.62. The van der Waals surface area contributed by atoms with Crippen LogP contribution in [0.15, 0.2) is 0 Å². The highest BCUT2D eigenvalue weighted by Crippen LogP contribution is 1.98. The summed E-state index contributed by atoms with van der Waals surface area (Å²) in [6, 6.07) is -4.18. The van der Waals surface area contributed by atoms with Crippen LogP contribution in [0.5, 0.6) is 0 Å². The summed E-state index contributed by atoms with van der Waals surface area (Å²) in [7, 11) is 0. The highest BCUT2D eigenvalue weighted by molar-refractivity contribution is 5.94. The van der Waals surface area contributed by atoms with Gasteiger partial charge in [0, 0.05) is 6.42 Å². The molecule has 0 fully saturated rings. The third-order valence-corrected chi connectivity index (χ3v) is 3.33. The fourth-order valence-electron chi connectivity index (χ4n) is 1.83. The van der Waals surface area contributed by atoms with Gasteiger partial charge in [0.25, 0.3) is 0 Å². The molecule has 0 aromatic rings. The molecule has 0 aromatic carbocycles. The smallest absolute Gasteiger partial charge is 0.322 e. The number of rotatable bonds is 12. The average Bonchev–Trinajstić information content (AvgIpc) is 2.58. The lowest BCUT2D eigenvalue weighted by molar-refractivity contribution is -0.139. The Morgan fingerprint density at radius 3 is 2.07 bits per heavy atom. The first-order valence-electron chi connectivity index (χ1n) is 7.92. The van der Waals surface area contributed by atoms with E-state index in [0.717, 1.165) is 0 Å². The van der Waals surface area contributed by atoms with Gasteiger partial charge >= 0.3 is 5.97 Å². The van der Waals surface area contributed by atoms with E-state index in [2.05, 4.69) is 10.6 Å². The van der Waals surface area contributed by atoms with E-state index in [1.54, 1.807) is 0 Å². The van der Waals surface area contributed by atoms with Gasteiger partial charge in [-0.05, 0) is 13.3 Å². The second-order valence-corrected chi connectivity index (χ2v) is 5.69. The summed E-state index contributed by atoms with van der Waals surface area (Å²) in [5.74, 6) is -4.81. The Hall–Kier alpha value is -2.77. The SMILES string of the molecule is CC(O)C(NC(=O)C(CO)NC(=O)C(N)CCC(N)=O)C(=O)NCC(=O)O. The number of carbonyl (C=O) groups is 5. The normalized spacial score (nSPS) is 15.0. The van der Waals surface area contributed by atoms with Crippen molar-refractivity contribution < 1.29 is 39.3 Å². The molecule has 0 aromatic heterocycles. The fourth-order valence-corrected chi connectivity index (χ4v) is 1.83. The third kappa shape index (κ3) is 9.48. The first kappa shape index (κ1) is 24.2. The number of hydrogen-bond acceptors (Lipinski definition) is 8. The Labute approximate surface area is 154 Å². The molecule has 0 radical (unpaired) electrons. The molecule has 4 unspecified atom stereocenters. The monoisotopic (exact) mass is 391 g/mol. The second kappa shape index (κ2) is 11.8. The van der Waals surface area contributed by atoms with Gasteiger partial charge in [0.15, 0.2) is 0 Å². The number of carboxylic acid groups (broad SMARTS) is 1. The molecule has 0 spiro atoms. The van der Waals surface area contributed by atoms with E-state index in [4.69, 9.17) is 16.6 Å². The van der Waals surface area contributed by atoms with E-state index < -0.39 is 67.0 Å². The molecular formula is C14H25N5O8. The number of primary amides is 1. The van der Waals surface area contributed by atoms with Crippen LogP contribution in [0.3, 0.4) is 0 Å². The van der Waals surface area contributed by atoms with Gasteiger partial charge < -0.3 is 42.7 Å². The molecule has 4 atom stereocenters. The van der Waals surface area contributed by atoms with Crippen molar-refractivity contribution in [1.82, 2.24) is 16.0 Å². The molecule has 0 saturated carbocycles. The molecule has 13 heteroatoms. The summed E-state index contributed by atoms with van der Waals surface area (Å²) in [5.41, 5.74) is 10.5. The molecule has 0 rings (SSSR count). The lowest BCUT2D eigenvalue weighted by Crippen LogP contribution is -2.59. The van der Waals surface area contributed by atoms with Gasteiger partial charge in [-0.2, -0.15) is 0 Å². The first-order valence-corrected chi connectivity index (χ1v) is 7.92. The van der Waals surface area contributed by atoms with Crippen molar-refractivity contribution in [1.29, 1.82) is 0 Å². The molecule has 0 aliphatic carbocycles. The van der Waals surface area contributed by atoms with Gasteiger partial charge in [0.2, 0.25) is 23.6 Å². The van der Waals surface area contributed by atoms with E-state index in [0.29, 0.717) is 0 Å². The number of carboxylic acids is 1. The summed E-state index contributed by atoms with van der Waals surface area (Å²) < 4.78 is 0. The van der Waals surface area contributed by atoms with Crippen LogP contribution in [-0.2, 0) is 24.0 Å². The molecule has 4 amide bonds. The molecule has 0 saturated heterocycles. The lowest BCUT2D eigenvalue weighted by atomic mass is 10.1. The zero-order chi connectivity index (χ0) is 21.1. The van der Waals surface area contributed by atoms with E-state index in [-0.39, 0.29) is 12.8 Å². The lowest BCUT2D eigenvalue weighted by Gasteiger charge is -2.24. The number of aliphatic hydroxyl groups excluding tert-OH is 2. The number of amides is 4. The number of carbonyl (C=O) groups excluding carboxylic acids is 4. The van der Waals surface area contributed by atoms with Crippen molar-refractivity contribution in [2.45, 2.75) is 44.0 Å². The zero-order valence-corrected chi connectivity index (χ0v) is 14.7. The standard InChI is InChI=1S/C14H25N5O8/c1-6(21)11(14(27)17-4-10(23)24)19-13(26)8(5-20)18-12(25)7(15)2-3-9(16)22/h6-8,11,20-21H,2-5,15H2,1H3,(H2,16,22)(H,17,27)(H,18,25)(H,19,26)(H,23,24). The average molecular weight is 391 g/mol. The Morgan fingerprint density at radius 2 is 1.63 bits per heavy atom. The van der Waals surface area contributed by atoms with E-state index in [9.17, 15) is 34.2 Å². The Kier molecular flexibility index (Phi) is 10.6. The zero-order valence-electron chi connectivity index (χ0n) is 14.7. The molecule has 154 valence electrons. The van der Waals surface area contributed by atoms with Crippen molar-refractivity contribution in [3.63, 3.8) is 0 Å². The van der Waals surface area contributed by atoms with Crippen molar-refractivity contribution in [3.8, 4) is 0 Å². The van der Waals surface area contributed by atoms with E-state index in [1.807, 2.05) is 5.32 Å². The van der Waals surface area contributed by atoms with Crippen molar-refractivity contribution in [2.24, 2.45) is 11.5 Å². The van der Waals surface area contributed by atoms with Crippen molar-refractivity contribution in [2.75, 3.05) is 13.2 Å². The molecule has 0 aliphatic rings. The number of aliphatic carboxylic acids is 1. The van der Waals surface area contributed by atoms with Gasteiger partial charge in [0.05, 0.1) is 18.8 Å². The summed E-state index contributed by atoms with van der Waals surface area (Å²) in [6.45, 7) is -0.395.